The van der Waals surface area contributed by atoms with Crippen LogP contribution in [0.5, 0.6) is 5.75 Å². The first kappa shape index (κ1) is 16.6. The van der Waals surface area contributed by atoms with Gasteiger partial charge in [-0.3, -0.25) is 0 Å². The van der Waals surface area contributed by atoms with Gasteiger partial charge in [0.25, 0.3) is 0 Å². The summed E-state index contributed by atoms with van der Waals surface area (Å²) in [7, 11) is 0. The predicted molar refractivity (Wildman–Crippen MR) is 83.9 cm³/mol. The molecule has 4 nitrogen and oxygen atoms in total. The van der Waals surface area contributed by atoms with Crippen molar-refractivity contribution in [1.29, 1.82) is 0 Å². The molecule has 1 saturated carbocycles. The highest BCUT2D eigenvalue weighted by Gasteiger charge is 2.31. The Morgan fingerprint density at radius 3 is 2.48 bits per heavy atom. The molecule has 1 aromatic rings. The number of hydrogen-bond donors (Lipinski definition) is 3. The molecule has 1 aromatic carbocycles. The van der Waals surface area contributed by atoms with Crippen LogP contribution in [0.15, 0.2) is 24.3 Å². The van der Waals surface area contributed by atoms with Crippen molar-refractivity contribution < 1.29 is 14.9 Å². The van der Waals surface area contributed by atoms with Crippen LogP contribution in [0.4, 0.5) is 0 Å². The van der Waals surface area contributed by atoms with Gasteiger partial charge in [0.1, 0.15) is 18.5 Å². The van der Waals surface area contributed by atoms with Gasteiger partial charge in [0.2, 0.25) is 0 Å². The second-order valence-corrected chi connectivity index (χ2v) is 6.24. The summed E-state index contributed by atoms with van der Waals surface area (Å²) in [5.41, 5.74) is -0.223. The molecule has 1 aliphatic rings. The molecule has 0 aromatic heterocycles. The van der Waals surface area contributed by atoms with Crippen molar-refractivity contribution in [2.24, 2.45) is 0 Å². The lowest BCUT2D eigenvalue weighted by Gasteiger charge is -2.37. The van der Waals surface area contributed by atoms with Crippen LogP contribution >= 0.6 is 11.6 Å². The summed E-state index contributed by atoms with van der Waals surface area (Å²) in [6, 6.07) is 7.06. The fraction of sp³-hybridized carbons (Fsp3) is 0.625. The molecular weight excluding hydrogens is 290 g/mol. The lowest BCUT2D eigenvalue weighted by molar-refractivity contribution is 0.0711. The van der Waals surface area contributed by atoms with Gasteiger partial charge in [0, 0.05) is 17.1 Å². The zero-order valence-electron chi connectivity index (χ0n) is 12.2. The van der Waals surface area contributed by atoms with Crippen LogP contribution in [0, 0.1) is 0 Å². The molecule has 0 radical (unpaired) electrons. The Bertz CT molecular complexity index is 418. The van der Waals surface area contributed by atoms with Gasteiger partial charge in [-0.25, -0.2) is 0 Å². The molecule has 1 atom stereocenters. The molecule has 0 heterocycles. The third kappa shape index (κ3) is 5.15. The first-order valence-corrected chi connectivity index (χ1v) is 7.94. The maximum atomic E-state index is 10.0. The lowest BCUT2D eigenvalue weighted by atomic mass is 9.82. The number of hydrogen-bond acceptors (Lipinski definition) is 4. The van der Waals surface area contributed by atoms with E-state index in [-0.39, 0.29) is 18.8 Å². The van der Waals surface area contributed by atoms with Crippen LogP contribution in [0.2, 0.25) is 5.02 Å². The zero-order valence-corrected chi connectivity index (χ0v) is 13.0. The number of β-amino-alcohol motifs (C(OH)–C–C–N with tert-alkyl or cyclic N) is 1. The maximum Gasteiger partial charge on any atom is 0.119 e. The molecule has 1 unspecified atom stereocenters. The van der Waals surface area contributed by atoms with Crippen LogP contribution in [-0.4, -0.2) is 41.6 Å². The molecule has 5 heteroatoms. The highest BCUT2D eigenvalue weighted by atomic mass is 35.5. The van der Waals surface area contributed by atoms with Crippen molar-refractivity contribution in [1.82, 2.24) is 5.32 Å². The van der Waals surface area contributed by atoms with Crippen molar-refractivity contribution >= 4 is 11.6 Å². The highest BCUT2D eigenvalue weighted by molar-refractivity contribution is 6.30. The van der Waals surface area contributed by atoms with E-state index in [1.807, 2.05) is 0 Å². The molecule has 0 amide bonds. The average molecular weight is 314 g/mol. The molecule has 0 saturated heterocycles. The number of nitrogens with one attached hydrogen (secondary N) is 1. The first-order valence-electron chi connectivity index (χ1n) is 7.56. The molecule has 1 fully saturated rings. The molecule has 0 aliphatic heterocycles. The van der Waals surface area contributed by atoms with Crippen molar-refractivity contribution in [2.75, 3.05) is 19.8 Å². The predicted octanol–water partition coefficient (Wildman–Crippen LogP) is 2.36. The van der Waals surface area contributed by atoms with Gasteiger partial charge in [-0.1, -0.05) is 30.9 Å². The third-order valence-corrected chi connectivity index (χ3v) is 4.33. The summed E-state index contributed by atoms with van der Waals surface area (Å²) in [6.07, 6.45) is 4.82. The number of ether oxygens (including phenoxy) is 1. The van der Waals surface area contributed by atoms with Gasteiger partial charge >= 0.3 is 0 Å². The lowest BCUT2D eigenvalue weighted by Crippen LogP contribution is -2.52. The molecule has 3 N–H and O–H groups in total. The van der Waals surface area contributed by atoms with Gasteiger partial charge in [-0.15, -0.1) is 0 Å². The van der Waals surface area contributed by atoms with E-state index in [1.54, 1.807) is 24.3 Å². The van der Waals surface area contributed by atoms with Crippen molar-refractivity contribution in [2.45, 2.75) is 43.7 Å². The van der Waals surface area contributed by atoms with E-state index in [4.69, 9.17) is 16.3 Å². The first-order chi connectivity index (χ1) is 10.1. The van der Waals surface area contributed by atoms with Crippen molar-refractivity contribution in [3.63, 3.8) is 0 Å². The SMILES string of the molecule is OCC1(NCC(O)COc2ccc(Cl)cc2)CCCCC1. The molecule has 0 bridgehead atoms. The van der Waals surface area contributed by atoms with E-state index in [0.29, 0.717) is 17.3 Å². The highest BCUT2D eigenvalue weighted by Crippen LogP contribution is 2.27. The molecule has 21 heavy (non-hydrogen) atoms. The standard InChI is InChI=1S/C16H24ClNO3/c17-13-4-6-15(7-5-13)21-11-14(20)10-18-16(12-19)8-2-1-3-9-16/h4-7,14,18-20H,1-3,8-12H2. The van der Waals surface area contributed by atoms with Gasteiger partial charge in [0.15, 0.2) is 0 Å². The molecule has 118 valence electrons. The normalized spacial score (nSPS) is 19.2. The third-order valence-electron chi connectivity index (χ3n) is 4.08. The van der Waals surface area contributed by atoms with Crippen LogP contribution in [0.25, 0.3) is 0 Å². The second kappa shape index (κ2) is 7.99. The van der Waals surface area contributed by atoms with Crippen LogP contribution in [0.1, 0.15) is 32.1 Å². The number of benzene rings is 1. The fourth-order valence-corrected chi connectivity index (χ4v) is 2.86. The fourth-order valence-electron chi connectivity index (χ4n) is 2.74. The topological polar surface area (TPSA) is 61.7 Å². The molecule has 2 rings (SSSR count). The number of aliphatic hydroxyl groups excluding tert-OH is 2. The monoisotopic (exact) mass is 313 g/mol. The Morgan fingerprint density at radius 1 is 1.19 bits per heavy atom. The summed E-state index contributed by atoms with van der Waals surface area (Å²) in [4.78, 5) is 0. The van der Waals surface area contributed by atoms with Crippen LogP contribution < -0.4 is 10.1 Å². The van der Waals surface area contributed by atoms with E-state index in [9.17, 15) is 10.2 Å². The Balaban J connectivity index is 1.73. The number of rotatable bonds is 7. The van der Waals surface area contributed by atoms with Gasteiger partial charge in [0.05, 0.1) is 6.61 Å². The van der Waals surface area contributed by atoms with Gasteiger partial charge in [-0.05, 0) is 37.1 Å². The maximum absolute atomic E-state index is 10.0. The minimum Gasteiger partial charge on any atom is -0.491 e. The summed E-state index contributed by atoms with van der Waals surface area (Å²) in [5, 5.41) is 23.6. The van der Waals surface area contributed by atoms with Crippen molar-refractivity contribution in [3.8, 4) is 5.75 Å². The molecule has 0 spiro atoms. The average Bonchev–Trinajstić information content (AvgIpc) is 2.53. The second-order valence-electron chi connectivity index (χ2n) is 5.80. The molecule has 1 aliphatic carbocycles. The minimum atomic E-state index is -0.606. The summed E-state index contributed by atoms with van der Waals surface area (Å²) >= 11 is 5.80. The largest absolute Gasteiger partial charge is 0.491 e. The van der Waals surface area contributed by atoms with E-state index in [2.05, 4.69) is 5.32 Å². The summed E-state index contributed by atoms with van der Waals surface area (Å²) in [5.74, 6) is 0.688. The zero-order chi connectivity index (χ0) is 15.1. The smallest absolute Gasteiger partial charge is 0.119 e. The Hall–Kier alpha value is -0.810. The Morgan fingerprint density at radius 2 is 1.86 bits per heavy atom. The number of aliphatic hydroxyl groups is 2. The minimum absolute atomic E-state index is 0.123. The van der Waals surface area contributed by atoms with E-state index < -0.39 is 6.10 Å². The van der Waals surface area contributed by atoms with E-state index >= 15 is 0 Å². The van der Waals surface area contributed by atoms with E-state index in [0.717, 1.165) is 25.7 Å². The quantitative estimate of drug-likeness (QED) is 0.723. The van der Waals surface area contributed by atoms with Crippen molar-refractivity contribution in [3.05, 3.63) is 29.3 Å². The van der Waals surface area contributed by atoms with Crippen LogP contribution in [0.3, 0.4) is 0 Å². The Labute approximate surface area is 131 Å². The molecular formula is C16H24ClNO3. The summed E-state index contributed by atoms with van der Waals surface area (Å²) in [6.45, 7) is 0.766. The van der Waals surface area contributed by atoms with Gasteiger partial charge < -0.3 is 20.3 Å². The van der Waals surface area contributed by atoms with Gasteiger partial charge in [-0.2, -0.15) is 0 Å². The van der Waals surface area contributed by atoms with E-state index in [1.165, 1.54) is 6.42 Å². The summed E-state index contributed by atoms with van der Waals surface area (Å²) < 4.78 is 5.52. The van der Waals surface area contributed by atoms with Crippen LogP contribution in [-0.2, 0) is 0 Å². The Kier molecular flexibility index (Phi) is 6.30. The number of halogens is 1.